The Morgan fingerprint density at radius 3 is 2.09 bits per heavy atom. The molecule has 0 aliphatic rings. The number of rotatable bonds is 10. The first-order valence-corrected chi connectivity index (χ1v) is 10.9. The second-order valence-corrected chi connectivity index (χ2v) is 7.64. The Bertz CT molecular complexity index is 988. The Kier molecular flexibility index (Phi) is 8.44. The third-order valence-electron chi connectivity index (χ3n) is 5.28. The molecule has 1 atom stereocenters. The number of hydrogen-bond donors (Lipinski definition) is 1. The first-order valence-electron chi connectivity index (χ1n) is 10.9. The van der Waals surface area contributed by atoms with E-state index in [4.69, 9.17) is 4.74 Å². The topological polar surface area (TPSA) is 58.6 Å². The highest BCUT2D eigenvalue weighted by molar-refractivity contribution is 5.88. The normalized spacial score (nSPS) is 11.4. The van der Waals surface area contributed by atoms with Crippen LogP contribution in [0.25, 0.3) is 0 Å². The summed E-state index contributed by atoms with van der Waals surface area (Å²) in [4.78, 5) is 28.3. The van der Waals surface area contributed by atoms with Crippen LogP contribution in [0.1, 0.15) is 42.5 Å². The molecule has 3 aromatic rings. The van der Waals surface area contributed by atoms with Gasteiger partial charge in [-0.3, -0.25) is 9.59 Å². The van der Waals surface area contributed by atoms with Crippen molar-refractivity contribution in [2.24, 2.45) is 0 Å². The number of nitrogens with zero attached hydrogens (tertiary/aromatic N) is 1. The van der Waals surface area contributed by atoms with Crippen LogP contribution in [0.2, 0.25) is 0 Å². The van der Waals surface area contributed by atoms with Crippen LogP contribution < -0.4 is 10.1 Å². The molecule has 0 heterocycles. The molecule has 5 nitrogen and oxygen atoms in total. The van der Waals surface area contributed by atoms with Gasteiger partial charge in [-0.25, -0.2) is 0 Å². The van der Waals surface area contributed by atoms with Gasteiger partial charge in [-0.15, -0.1) is 0 Å². The van der Waals surface area contributed by atoms with E-state index in [9.17, 15) is 9.59 Å². The zero-order chi connectivity index (χ0) is 22.8. The predicted molar refractivity (Wildman–Crippen MR) is 126 cm³/mol. The van der Waals surface area contributed by atoms with Crippen molar-refractivity contribution >= 4 is 11.8 Å². The van der Waals surface area contributed by atoms with Gasteiger partial charge in [0.25, 0.3) is 0 Å². The Morgan fingerprint density at radius 2 is 1.50 bits per heavy atom. The lowest BCUT2D eigenvalue weighted by molar-refractivity contribution is -0.141. The lowest BCUT2D eigenvalue weighted by Gasteiger charge is -2.31. The van der Waals surface area contributed by atoms with Crippen molar-refractivity contribution in [1.29, 1.82) is 0 Å². The summed E-state index contributed by atoms with van der Waals surface area (Å²) in [6.45, 7) is 2.71. The van der Waals surface area contributed by atoms with Crippen LogP contribution >= 0.6 is 0 Å². The first-order chi connectivity index (χ1) is 15.6. The molecule has 0 aliphatic heterocycles. The van der Waals surface area contributed by atoms with Crippen LogP contribution in [0.4, 0.5) is 0 Å². The highest BCUT2D eigenvalue weighted by atomic mass is 16.5. The van der Waals surface area contributed by atoms with E-state index < -0.39 is 6.04 Å². The molecule has 0 saturated heterocycles. The summed E-state index contributed by atoms with van der Waals surface area (Å²) >= 11 is 0. The Balaban J connectivity index is 1.90. The third kappa shape index (κ3) is 6.20. The van der Waals surface area contributed by atoms with Crippen LogP contribution in [0.5, 0.6) is 5.75 Å². The molecule has 0 aromatic heterocycles. The molecule has 0 spiro atoms. The van der Waals surface area contributed by atoms with E-state index in [-0.39, 0.29) is 11.8 Å². The van der Waals surface area contributed by atoms with Crippen molar-refractivity contribution in [3.63, 3.8) is 0 Å². The van der Waals surface area contributed by atoms with Gasteiger partial charge < -0.3 is 15.0 Å². The van der Waals surface area contributed by atoms with E-state index in [0.29, 0.717) is 25.9 Å². The van der Waals surface area contributed by atoms with E-state index in [1.54, 1.807) is 12.0 Å². The maximum absolute atomic E-state index is 13.4. The van der Waals surface area contributed by atoms with Gasteiger partial charge in [-0.05, 0) is 35.2 Å². The molecule has 1 N–H and O–H groups in total. The molecule has 2 amide bonds. The molecule has 32 heavy (non-hydrogen) atoms. The van der Waals surface area contributed by atoms with Gasteiger partial charge in [0, 0.05) is 19.5 Å². The monoisotopic (exact) mass is 430 g/mol. The highest BCUT2D eigenvalue weighted by Crippen LogP contribution is 2.25. The summed E-state index contributed by atoms with van der Waals surface area (Å²) in [6, 6.07) is 26.1. The van der Waals surface area contributed by atoms with Crippen LogP contribution in [0, 0.1) is 0 Å². The molecular formula is C27H30N2O3. The smallest absolute Gasteiger partial charge is 0.247 e. The number of amides is 2. The Labute approximate surface area is 190 Å². The van der Waals surface area contributed by atoms with Crippen molar-refractivity contribution in [3.05, 3.63) is 102 Å². The molecule has 0 saturated carbocycles. The molecule has 0 bridgehead atoms. The second-order valence-electron chi connectivity index (χ2n) is 7.64. The van der Waals surface area contributed by atoms with Gasteiger partial charge in [-0.1, -0.05) is 79.7 Å². The molecule has 3 rings (SSSR count). The summed E-state index contributed by atoms with van der Waals surface area (Å²) in [6.07, 6.45) is 1.09. The molecule has 166 valence electrons. The Hall–Kier alpha value is -3.60. The van der Waals surface area contributed by atoms with Gasteiger partial charge in [0.1, 0.15) is 11.8 Å². The highest BCUT2D eigenvalue weighted by Gasteiger charge is 2.31. The molecular weight excluding hydrogens is 400 g/mol. The van der Waals surface area contributed by atoms with E-state index >= 15 is 0 Å². The average molecular weight is 431 g/mol. The SMILES string of the molecule is CCCC(=O)N(Cc1ccc(OC)cc1)[C@@H](C(=O)NCc1ccccc1)c1ccccc1. The zero-order valence-corrected chi connectivity index (χ0v) is 18.7. The van der Waals surface area contributed by atoms with Crippen molar-refractivity contribution in [2.45, 2.75) is 38.9 Å². The van der Waals surface area contributed by atoms with Crippen LogP contribution in [0.3, 0.4) is 0 Å². The average Bonchev–Trinajstić information content (AvgIpc) is 2.84. The van der Waals surface area contributed by atoms with Crippen molar-refractivity contribution in [3.8, 4) is 5.75 Å². The van der Waals surface area contributed by atoms with Gasteiger partial charge >= 0.3 is 0 Å². The first kappa shape index (κ1) is 23.1. The maximum Gasteiger partial charge on any atom is 0.247 e. The molecule has 0 radical (unpaired) electrons. The number of methoxy groups -OCH3 is 1. The summed E-state index contributed by atoms with van der Waals surface area (Å²) in [5, 5.41) is 3.03. The van der Waals surface area contributed by atoms with Crippen LogP contribution in [0.15, 0.2) is 84.9 Å². The fraction of sp³-hybridized carbons (Fsp3) is 0.259. The number of benzene rings is 3. The number of hydrogen-bond acceptors (Lipinski definition) is 3. The van der Waals surface area contributed by atoms with E-state index in [1.807, 2.05) is 91.9 Å². The van der Waals surface area contributed by atoms with E-state index in [2.05, 4.69) is 5.32 Å². The maximum atomic E-state index is 13.4. The van der Waals surface area contributed by atoms with Gasteiger partial charge in [0.2, 0.25) is 11.8 Å². The van der Waals surface area contributed by atoms with Crippen molar-refractivity contribution in [1.82, 2.24) is 10.2 Å². The number of nitrogens with one attached hydrogen (secondary N) is 1. The van der Waals surface area contributed by atoms with Crippen molar-refractivity contribution < 1.29 is 14.3 Å². The standard InChI is InChI=1S/C27H30N2O3/c1-3-10-25(30)29(20-22-15-17-24(32-2)18-16-22)26(23-13-8-5-9-14-23)27(31)28-19-21-11-6-4-7-12-21/h4-9,11-18,26H,3,10,19-20H2,1-2H3,(H,28,31)/t26-/m1/s1. The minimum atomic E-state index is -0.721. The minimum absolute atomic E-state index is 0.0490. The van der Waals surface area contributed by atoms with Gasteiger partial charge in [0.15, 0.2) is 0 Å². The molecule has 0 unspecified atom stereocenters. The van der Waals surface area contributed by atoms with Gasteiger partial charge in [-0.2, -0.15) is 0 Å². The predicted octanol–water partition coefficient (Wildman–Crippen LogP) is 4.88. The number of ether oxygens (including phenoxy) is 1. The number of carbonyl (C=O) groups excluding carboxylic acids is 2. The lowest BCUT2D eigenvalue weighted by Crippen LogP contribution is -2.43. The largest absolute Gasteiger partial charge is 0.497 e. The summed E-state index contributed by atoms with van der Waals surface area (Å²) in [5.74, 6) is 0.505. The third-order valence-corrected chi connectivity index (χ3v) is 5.28. The Morgan fingerprint density at radius 1 is 0.875 bits per heavy atom. The molecule has 0 aliphatic carbocycles. The van der Waals surface area contributed by atoms with Gasteiger partial charge in [0.05, 0.1) is 7.11 Å². The second kappa shape index (κ2) is 11.7. The van der Waals surface area contributed by atoms with Crippen LogP contribution in [-0.2, 0) is 22.7 Å². The lowest BCUT2D eigenvalue weighted by atomic mass is 10.0. The van der Waals surface area contributed by atoms with Crippen LogP contribution in [-0.4, -0.2) is 23.8 Å². The van der Waals surface area contributed by atoms with E-state index in [1.165, 1.54) is 0 Å². The zero-order valence-electron chi connectivity index (χ0n) is 18.7. The minimum Gasteiger partial charge on any atom is -0.497 e. The van der Waals surface area contributed by atoms with E-state index in [0.717, 1.165) is 22.4 Å². The molecule has 3 aromatic carbocycles. The fourth-order valence-electron chi connectivity index (χ4n) is 3.60. The summed E-state index contributed by atoms with van der Waals surface area (Å²) < 4.78 is 5.24. The summed E-state index contributed by atoms with van der Waals surface area (Å²) in [7, 11) is 1.62. The van der Waals surface area contributed by atoms with Crippen molar-refractivity contribution in [2.75, 3.05) is 7.11 Å². The molecule has 0 fully saturated rings. The quantitative estimate of drug-likeness (QED) is 0.499. The number of carbonyl (C=O) groups is 2. The summed E-state index contributed by atoms with van der Waals surface area (Å²) in [5.41, 5.74) is 2.73. The molecule has 5 heteroatoms. The fourth-order valence-corrected chi connectivity index (χ4v) is 3.60.